The lowest BCUT2D eigenvalue weighted by Gasteiger charge is -2.19. The van der Waals surface area contributed by atoms with Gasteiger partial charge in [0.05, 0.1) is 6.04 Å². The Balaban J connectivity index is 2.31. The molecule has 1 atom stereocenters. The maximum absolute atomic E-state index is 6.28. The molecule has 0 aliphatic carbocycles. The van der Waals surface area contributed by atoms with Crippen LogP contribution in [0.15, 0.2) is 45.3 Å². The van der Waals surface area contributed by atoms with Gasteiger partial charge < -0.3 is 0 Å². The van der Waals surface area contributed by atoms with E-state index in [2.05, 4.69) is 72.0 Å². The van der Waals surface area contributed by atoms with Crippen LogP contribution in [0.4, 0.5) is 0 Å². The molecule has 0 heterocycles. The quantitative estimate of drug-likeness (QED) is 0.324. The zero-order valence-corrected chi connectivity index (χ0v) is 16.4. The molecule has 2 rings (SSSR count). The van der Waals surface area contributed by atoms with Gasteiger partial charge in [-0.3, -0.25) is 11.3 Å². The Kier molecular flexibility index (Phi) is 6.31. The minimum atomic E-state index is 0.0121. The van der Waals surface area contributed by atoms with Crippen molar-refractivity contribution < 1.29 is 0 Å². The molecule has 0 saturated carbocycles. The molecule has 20 heavy (non-hydrogen) atoms. The van der Waals surface area contributed by atoms with Gasteiger partial charge in [0, 0.05) is 17.5 Å². The molecule has 0 aliphatic heterocycles. The van der Waals surface area contributed by atoms with E-state index in [1.165, 1.54) is 3.57 Å². The van der Waals surface area contributed by atoms with Crippen LogP contribution in [0.25, 0.3) is 0 Å². The minimum Gasteiger partial charge on any atom is -0.271 e. The number of hydrogen-bond acceptors (Lipinski definition) is 2. The van der Waals surface area contributed by atoms with E-state index < -0.39 is 0 Å². The maximum Gasteiger partial charge on any atom is 0.0511 e. The Morgan fingerprint density at radius 1 is 1.15 bits per heavy atom. The number of hydrogen-bond donors (Lipinski definition) is 2. The molecular weight excluding hydrogens is 518 g/mol. The van der Waals surface area contributed by atoms with E-state index in [0.717, 1.165) is 31.5 Å². The Morgan fingerprint density at radius 2 is 1.80 bits per heavy atom. The van der Waals surface area contributed by atoms with Gasteiger partial charge in [-0.25, -0.2) is 0 Å². The molecule has 0 aliphatic rings. The Bertz CT molecular complexity index is 622. The van der Waals surface area contributed by atoms with Crippen molar-refractivity contribution in [1.29, 1.82) is 0 Å². The first-order valence-corrected chi connectivity index (χ1v) is 8.90. The highest BCUT2D eigenvalue weighted by molar-refractivity contribution is 14.1. The zero-order valence-electron chi connectivity index (χ0n) is 10.3. The van der Waals surface area contributed by atoms with Crippen molar-refractivity contribution in [3.63, 3.8) is 0 Å². The van der Waals surface area contributed by atoms with Gasteiger partial charge in [-0.05, 0) is 70.5 Å². The molecule has 0 amide bonds. The van der Waals surface area contributed by atoms with Crippen LogP contribution in [0.1, 0.15) is 17.2 Å². The van der Waals surface area contributed by atoms with Crippen molar-refractivity contribution in [2.24, 2.45) is 5.84 Å². The molecule has 2 aromatic carbocycles. The Hall–Kier alpha value is 0.340. The maximum atomic E-state index is 6.28. The summed E-state index contributed by atoms with van der Waals surface area (Å²) in [6.07, 6.45) is 0.731. The summed E-state index contributed by atoms with van der Waals surface area (Å²) in [5.74, 6) is 5.73. The lowest BCUT2D eigenvalue weighted by Crippen LogP contribution is -2.30. The highest BCUT2D eigenvalue weighted by Crippen LogP contribution is 2.29. The minimum absolute atomic E-state index is 0.0121. The second-order valence-electron chi connectivity index (χ2n) is 4.32. The van der Waals surface area contributed by atoms with Crippen LogP contribution in [-0.2, 0) is 6.42 Å². The SMILES string of the molecule is NNC(Cc1ccc(Br)cc1Cl)c1cc(Br)ccc1I. The molecule has 6 heteroatoms. The highest BCUT2D eigenvalue weighted by atomic mass is 127. The molecule has 0 bridgehead atoms. The first-order chi connectivity index (χ1) is 9.51. The molecule has 106 valence electrons. The van der Waals surface area contributed by atoms with Crippen LogP contribution < -0.4 is 11.3 Å². The standard InChI is InChI=1S/C14H12Br2ClIN2/c15-9-3-4-13(18)11(6-9)14(20-19)5-8-1-2-10(16)7-12(8)17/h1-4,6-7,14,20H,5,19H2. The number of benzene rings is 2. The molecule has 2 aromatic rings. The number of rotatable bonds is 4. The lowest BCUT2D eigenvalue weighted by atomic mass is 9.99. The Morgan fingerprint density at radius 3 is 2.45 bits per heavy atom. The average molecular weight is 530 g/mol. The van der Waals surface area contributed by atoms with Gasteiger partial charge in [0.25, 0.3) is 0 Å². The van der Waals surface area contributed by atoms with E-state index in [9.17, 15) is 0 Å². The van der Waals surface area contributed by atoms with E-state index in [0.29, 0.717) is 0 Å². The van der Waals surface area contributed by atoms with Crippen molar-refractivity contribution in [2.45, 2.75) is 12.5 Å². The van der Waals surface area contributed by atoms with Gasteiger partial charge in [-0.1, -0.05) is 49.5 Å². The van der Waals surface area contributed by atoms with Gasteiger partial charge in [0.2, 0.25) is 0 Å². The van der Waals surface area contributed by atoms with Crippen LogP contribution in [0.5, 0.6) is 0 Å². The second-order valence-corrected chi connectivity index (χ2v) is 7.73. The van der Waals surface area contributed by atoms with Gasteiger partial charge >= 0.3 is 0 Å². The molecule has 0 radical (unpaired) electrons. The summed E-state index contributed by atoms with van der Waals surface area (Å²) in [6, 6.07) is 12.1. The normalized spacial score (nSPS) is 12.4. The van der Waals surface area contributed by atoms with E-state index in [1.54, 1.807) is 0 Å². The van der Waals surface area contributed by atoms with Gasteiger partial charge in [0.15, 0.2) is 0 Å². The summed E-state index contributed by atoms with van der Waals surface area (Å²) in [7, 11) is 0. The molecular formula is C14H12Br2ClIN2. The topological polar surface area (TPSA) is 38.0 Å². The van der Waals surface area contributed by atoms with Crippen LogP contribution in [0.2, 0.25) is 5.02 Å². The van der Waals surface area contributed by atoms with Crippen LogP contribution in [0, 0.1) is 3.57 Å². The van der Waals surface area contributed by atoms with Gasteiger partial charge in [-0.2, -0.15) is 0 Å². The highest BCUT2D eigenvalue weighted by Gasteiger charge is 2.16. The van der Waals surface area contributed by atoms with Gasteiger partial charge in [0.1, 0.15) is 0 Å². The lowest BCUT2D eigenvalue weighted by molar-refractivity contribution is 0.549. The average Bonchev–Trinajstić information content (AvgIpc) is 2.41. The smallest absolute Gasteiger partial charge is 0.0511 e. The number of hydrazine groups is 1. The largest absolute Gasteiger partial charge is 0.271 e. The van der Waals surface area contributed by atoms with Gasteiger partial charge in [-0.15, -0.1) is 0 Å². The molecule has 2 nitrogen and oxygen atoms in total. The predicted molar refractivity (Wildman–Crippen MR) is 99.8 cm³/mol. The monoisotopic (exact) mass is 528 g/mol. The molecule has 0 saturated heterocycles. The fraction of sp³-hybridized carbons (Fsp3) is 0.143. The zero-order chi connectivity index (χ0) is 14.7. The van der Waals surface area contributed by atoms with Crippen molar-refractivity contribution >= 4 is 66.1 Å². The third-order valence-corrected chi connectivity index (χ3v) is 5.29. The van der Waals surface area contributed by atoms with Crippen LogP contribution in [0.3, 0.4) is 0 Å². The van der Waals surface area contributed by atoms with Crippen LogP contribution in [-0.4, -0.2) is 0 Å². The number of halogens is 4. The Labute approximate surface area is 153 Å². The van der Waals surface area contributed by atoms with E-state index >= 15 is 0 Å². The fourth-order valence-corrected chi connectivity index (χ4v) is 3.79. The molecule has 3 N–H and O–H groups in total. The van der Waals surface area contributed by atoms with E-state index in [-0.39, 0.29) is 6.04 Å². The van der Waals surface area contributed by atoms with E-state index in [1.807, 2.05) is 24.3 Å². The first kappa shape index (κ1) is 16.7. The summed E-state index contributed by atoms with van der Waals surface area (Å²) in [4.78, 5) is 0. The first-order valence-electron chi connectivity index (χ1n) is 5.86. The third-order valence-electron chi connectivity index (χ3n) is 2.97. The van der Waals surface area contributed by atoms with Crippen molar-refractivity contribution in [2.75, 3.05) is 0 Å². The summed E-state index contributed by atoms with van der Waals surface area (Å²) >= 11 is 15.5. The summed E-state index contributed by atoms with van der Waals surface area (Å²) in [5, 5.41) is 0.740. The number of nitrogens with one attached hydrogen (secondary N) is 1. The molecule has 1 unspecified atom stereocenters. The summed E-state index contributed by atoms with van der Waals surface area (Å²) < 4.78 is 3.18. The third kappa shape index (κ3) is 4.18. The second kappa shape index (κ2) is 7.56. The van der Waals surface area contributed by atoms with Crippen molar-refractivity contribution in [3.8, 4) is 0 Å². The summed E-state index contributed by atoms with van der Waals surface area (Å²) in [6.45, 7) is 0. The van der Waals surface area contributed by atoms with Crippen LogP contribution >= 0.6 is 66.1 Å². The van der Waals surface area contributed by atoms with Crippen molar-refractivity contribution in [1.82, 2.24) is 5.43 Å². The molecule has 0 spiro atoms. The van der Waals surface area contributed by atoms with E-state index in [4.69, 9.17) is 17.4 Å². The van der Waals surface area contributed by atoms with Crippen molar-refractivity contribution in [3.05, 3.63) is 65.1 Å². The summed E-state index contributed by atoms with van der Waals surface area (Å²) in [5.41, 5.74) is 5.10. The predicted octanol–water partition coefficient (Wildman–Crippen LogP) is 5.22. The molecule has 0 aromatic heterocycles. The fourth-order valence-electron chi connectivity index (χ4n) is 1.95. The number of nitrogens with two attached hydrogens (primary N) is 1. The molecule has 0 fully saturated rings.